The number of rotatable bonds is 1. The Morgan fingerprint density at radius 1 is 1.32 bits per heavy atom. The van der Waals surface area contributed by atoms with Crippen molar-refractivity contribution in [2.45, 2.75) is 6.42 Å². The van der Waals surface area contributed by atoms with Crippen molar-refractivity contribution in [3.63, 3.8) is 0 Å². The van der Waals surface area contributed by atoms with Gasteiger partial charge in [0.25, 0.3) is 5.91 Å². The van der Waals surface area contributed by atoms with Crippen molar-refractivity contribution >= 4 is 23.4 Å². The van der Waals surface area contributed by atoms with E-state index in [1.54, 1.807) is 24.3 Å². The molecule has 5 heteroatoms. The summed E-state index contributed by atoms with van der Waals surface area (Å²) in [5.74, 6) is 0.518. The van der Waals surface area contributed by atoms with E-state index >= 15 is 0 Å². The van der Waals surface area contributed by atoms with Gasteiger partial charge in [-0.1, -0.05) is 11.6 Å². The van der Waals surface area contributed by atoms with Crippen molar-refractivity contribution in [3.8, 4) is 0 Å². The average molecular weight is 279 g/mol. The first kappa shape index (κ1) is 12.5. The van der Waals surface area contributed by atoms with Crippen molar-refractivity contribution in [2.75, 3.05) is 19.6 Å². The molecule has 2 amide bonds. The molecule has 0 unspecified atom stereocenters. The Labute approximate surface area is 116 Å². The van der Waals surface area contributed by atoms with Crippen LogP contribution in [0.5, 0.6) is 0 Å². The number of hydrogen-bond acceptors (Lipinski definition) is 2. The number of piperidine rings is 1. The van der Waals surface area contributed by atoms with Crippen molar-refractivity contribution in [3.05, 3.63) is 34.9 Å². The van der Waals surface area contributed by atoms with E-state index < -0.39 is 0 Å². The van der Waals surface area contributed by atoms with Gasteiger partial charge in [0, 0.05) is 42.1 Å². The molecule has 2 aliphatic heterocycles. The minimum absolute atomic E-state index is 0.0227. The maximum atomic E-state index is 12.4. The molecule has 19 heavy (non-hydrogen) atoms. The topological polar surface area (TPSA) is 49.4 Å². The lowest BCUT2D eigenvalue weighted by molar-refractivity contribution is -0.123. The highest BCUT2D eigenvalue weighted by Crippen LogP contribution is 2.28. The first-order chi connectivity index (χ1) is 9.15. The summed E-state index contributed by atoms with van der Waals surface area (Å²) in [7, 11) is 0. The van der Waals surface area contributed by atoms with E-state index in [9.17, 15) is 9.59 Å². The number of carbonyl (C=O) groups is 2. The summed E-state index contributed by atoms with van der Waals surface area (Å²) in [4.78, 5) is 25.8. The minimum Gasteiger partial charge on any atom is -0.355 e. The van der Waals surface area contributed by atoms with Gasteiger partial charge in [0.15, 0.2) is 0 Å². The standard InChI is InChI=1S/C14H15ClN2O2/c15-11-3-1-9(2-4-11)14(19)17-6-5-12-10(8-17)7-16-13(12)18/h1-4,10,12H,5-8H2,(H,16,18)/t10-,12+/m0/s1. The molecule has 2 fully saturated rings. The highest BCUT2D eigenvalue weighted by atomic mass is 35.5. The minimum atomic E-state index is 0.0227. The summed E-state index contributed by atoms with van der Waals surface area (Å²) >= 11 is 5.82. The van der Waals surface area contributed by atoms with Gasteiger partial charge in [0.05, 0.1) is 0 Å². The zero-order valence-corrected chi connectivity index (χ0v) is 11.2. The van der Waals surface area contributed by atoms with E-state index in [0.29, 0.717) is 30.2 Å². The third-order valence-electron chi connectivity index (χ3n) is 3.99. The number of hydrogen-bond donors (Lipinski definition) is 1. The van der Waals surface area contributed by atoms with E-state index in [1.165, 1.54) is 0 Å². The SMILES string of the molecule is O=C1NC[C@H]2CN(C(=O)c3ccc(Cl)cc3)CC[C@@H]12. The second-order valence-corrected chi connectivity index (χ2v) is 5.59. The van der Waals surface area contributed by atoms with Gasteiger partial charge in [0.1, 0.15) is 0 Å². The molecule has 3 rings (SSSR count). The monoisotopic (exact) mass is 278 g/mol. The van der Waals surface area contributed by atoms with Crippen LogP contribution in [0.25, 0.3) is 0 Å². The molecular weight excluding hydrogens is 264 g/mol. The van der Waals surface area contributed by atoms with Crippen LogP contribution in [-0.2, 0) is 4.79 Å². The number of fused-ring (bicyclic) bond motifs is 1. The quantitative estimate of drug-likeness (QED) is 0.847. The Hall–Kier alpha value is -1.55. The van der Waals surface area contributed by atoms with E-state index in [1.807, 2.05) is 4.90 Å². The Balaban J connectivity index is 1.72. The fraction of sp³-hybridized carbons (Fsp3) is 0.429. The summed E-state index contributed by atoms with van der Waals surface area (Å²) in [6.45, 7) is 1.99. The summed E-state index contributed by atoms with van der Waals surface area (Å²) in [5.41, 5.74) is 0.653. The van der Waals surface area contributed by atoms with Crippen LogP contribution in [0.15, 0.2) is 24.3 Å². The van der Waals surface area contributed by atoms with Crippen LogP contribution in [0.2, 0.25) is 5.02 Å². The van der Waals surface area contributed by atoms with Gasteiger partial charge in [-0.05, 0) is 30.7 Å². The summed E-state index contributed by atoms with van der Waals surface area (Å²) < 4.78 is 0. The molecule has 2 saturated heterocycles. The Bertz CT molecular complexity index is 515. The Morgan fingerprint density at radius 2 is 2.05 bits per heavy atom. The third-order valence-corrected chi connectivity index (χ3v) is 4.24. The predicted octanol–water partition coefficient (Wildman–Crippen LogP) is 1.55. The molecule has 0 radical (unpaired) electrons. The molecule has 0 aliphatic carbocycles. The van der Waals surface area contributed by atoms with Crippen LogP contribution < -0.4 is 5.32 Å². The van der Waals surface area contributed by atoms with Crippen molar-refractivity contribution < 1.29 is 9.59 Å². The number of halogens is 1. The number of carbonyl (C=O) groups excluding carboxylic acids is 2. The van der Waals surface area contributed by atoms with E-state index in [4.69, 9.17) is 11.6 Å². The maximum absolute atomic E-state index is 12.4. The Morgan fingerprint density at radius 3 is 2.79 bits per heavy atom. The third kappa shape index (κ3) is 2.32. The normalized spacial score (nSPS) is 25.9. The Kier molecular flexibility index (Phi) is 3.19. The van der Waals surface area contributed by atoms with Crippen LogP contribution in [0.1, 0.15) is 16.8 Å². The van der Waals surface area contributed by atoms with E-state index in [0.717, 1.165) is 6.42 Å². The molecule has 4 nitrogen and oxygen atoms in total. The molecule has 1 N–H and O–H groups in total. The van der Waals surface area contributed by atoms with E-state index in [-0.39, 0.29) is 23.7 Å². The average Bonchev–Trinajstić information content (AvgIpc) is 2.80. The van der Waals surface area contributed by atoms with Crippen LogP contribution in [0, 0.1) is 11.8 Å². The lowest BCUT2D eigenvalue weighted by Gasteiger charge is -2.33. The van der Waals surface area contributed by atoms with Crippen LogP contribution in [0.3, 0.4) is 0 Å². The number of likely N-dealkylation sites (tertiary alicyclic amines) is 1. The molecule has 0 aromatic heterocycles. The van der Waals surface area contributed by atoms with Gasteiger partial charge < -0.3 is 10.2 Å². The zero-order valence-electron chi connectivity index (χ0n) is 10.4. The van der Waals surface area contributed by atoms with Gasteiger partial charge >= 0.3 is 0 Å². The van der Waals surface area contributed by atoms with Gasteiger partial charge in [-0.3, -0.25) is 9.59 Å². The largest absolute Gasteiger partial charge is 0.355 e. The molecule has 2 heterocycles. The van der Waals surface area contributed by atoms with Crippen molar-refractivity contribution in [1.82, 2.24) is 10.2 Å². The lowest BCUT2D eigenvalue weighted by atomic mass is 9.88. The number of nitrogens with one attached hydrogen (secondary N) is 1. The fourth-order valence-corrected chi connectivity index (χ4v) is 3.03. The first-order valence-corrected chi connectivity index (χ1v) is 6.85. The highest BCUT2D eigenvalue weighted by Gasteiger charge is 2.39. The summed E-state index contributed by atoms with van der Waals surface area (Å²) in [6, 6.07) is 6.94. The maximum Gasteiger partial charge on any atom is 0.253 e. The van der Waals surface area contributed by atoms with Gasteiger partial charge in [0.2, 0.25) is 5.91 Å². The van der Waals surface area contributed by atoms with E-state index in [2.05, 4.69) is 5.32 Å². The first-order valence-electron chi connectivity index (χ1n) is 6.47. The second kappa shape index (κ2) is 4.85. The molecule has 1 aromatic rings. The van der Waals surface area contributed by atoms with Gasteiger partial charge in [-0.2, -0.15) is 0 Å². The predicted molar refractivity (Wildman–Crippen MR) is 72.0 cm³/mol. The number of benzene rings is 1. The van der Waals surface area contributed by atoms with Gasteiger partial charge in [-0.25, -0.2) is 0 Å². The second-order valence-electron chi connectivity index (χ2n) is 5.16. The van der Waals surface area contributed by atoms with Crippen LogP contribution in [0.4, 0.5) is 0 Å². The van der Waals surface area contributed by atoms with Gasteiger partial charge in [-0.15, -0.1) is 0 Å². The molecule has 2 aliphatic rings. The highest BCUT2D eigenvalue weighted by molar-refractivity contribution is 6.30. The molecule has 0 spiro atoms. The molecule has 2 atom stereocenters. The zero-order chi connectivity index (χ0) is 13.4. The smallest absolute Gasteiger partial charge is 0.253 e. The molecule has 0 saturated carbocycles. The fourth-order valence-electron chi connectivity index (χ4n) is 2.91. The van der Waals surface area contributed by atoms with Crippen molar-refractivity contribution in [1.29, 1.82) is 0 Å². The van der Waals surface area contributed by atoms with Crippen LogP contribution >= 0.6 is 11.6 Å². The molecule has 100 valence electrons. The summed E-state index contributed by atoms with van der Waals surface area (Å²) in [6.07, 6.45) is 0.760. The lowest BCUT2D eigenvalue weighted by Crippen LogP contribution is -2.44. The van der Waals surface area contributed by atoms with Crippen molar-refractivity contribution in [2.24, 2.45) is 11.8 Å². The summed E-state index contributed by atoms with van der Waals surface area (Å²) in [5, 5.41) is 3.50. The molecule has 1 aromatic carbocycles. The molecular formula is C14H15ClN2O2. The van der Waals surface area contributed by atoms with Crippen LogP contribution in [-0.4, -0.2) is 36.3 Å². The number of amides is 2. The number of nitrogens with zero attached hydrogens (tertiary/aromatic N) is 1. The molecule has 0 bridgehead atoms.